The zero-order valence-corrected chi connectivity index (χ0v) is 12.0. The Labute approximate surface area is 111 Å². The van der Waals surface area contributed by atoms with Crippen LogP contribution in [0.3, 0.4) is 0 Å². The number of aromatic nitrogens is 1. The number of para-hydroxylation sites is 1. The Morgan fingerprint density at radius 3 is 2.72 bits per heavy atom. The first-order valence-electron chi connectivity index (χ1n) is 6.15. The van der Waals surface area contributed by atoms with E-state index in [1.807, 2.05) is 0 Å². The molecular formula is C14H20N2OS. The summed E-state index contributed by atoms with van der Waals surface area (Å²) >= 11 is 0. The van der Waals surface area contributed by atoms with E-state index < -0.39 is 10.8 Å². The van der Waals surface area contributed by atoms with Crippen LogP contribution < -0.4 is 5.32 Å². The van der Waals surface area contributed by atoms with E-state index in [2.05, 4.69) is 48.1 Å². The summed E-state index contributed by atoms with van der Waals surface area (Å²) in [5.41, 5.74) is 3.90. The van der Waals surface area contributed by atoms with Gasteiger partial charge in [0.25, 0.3) is 0 Å². The zero-order chi connectivity index (χ0) is 13.1. The van der Waals surface area contributed by atoms with Gasteiger partial charge in [-0.3, -0.25) is 4.21 Å². The minimum absolute atomic E-state index is 0.711. The van der Waals surface area contributed by atoms with Crippen LogP contribution in [-0.4, -0.2) is 27.3 Å². The topological polar surface area (TPSA) is 34.0 Å². The van der Waals surface area contributed by atoms with E-state index in [0.717, 1.165) is 13.1 Å². The van der Waals surface area contributed by atoms with Gasteiger partial charge >= 0.3 is 0 Å². The van der Waals surface area contributed by atoms with Crippen molar-refractivity contribution in [2.45, 2.75) is 13.5 Å². The molecule has 0 spiro atoms. The van der Waals surface area contributed by atoms with Gasteiger partial charge in [0, 0.05) is 59.5 Å². The Balaban J connectivity index is 2.15. The molecule has 2 aromatic rings. The zero-order valence-electron chi connectivity index (χ0n) is 11.2. The summed E-state index contributed by atoms with van der Waals surface area (Å²) in [5.74, 6) is 0.711. The highest BCUT2D eigenvalue weighted by Gasteiger charge is 2.10. The predicted octanol–water partition coefficient (Wildman–Crippen LogP) is 1.95. The summed E-state index contributed by atoms with van der Waals surface area (Å²) in [5, 5.41) is 4.68. The second kappa shape index (κ2) is 5.67. The fourth-order valence-electron chi connectivity index (χ4n) is 2.31. The number of aryl methyl sites for hydroxylation is 2. The molecule has 0 bridgehead atoms. The molecule has 1 heterocycles. The molecule has 1 N–H and O–H groups in total. The lowest BCUT2D eigenvalue weighted by Crippen LogP contribution is -2.21. The number of hydrogen-bond acceptors (Lipinski definition) is 2. The lowest BCUT2D eigenvalue weighted by Gasteiger charge is -2.07. The lowest BCUT2D eigenvalue weighted by atomic mass is 10.1. The van der Waals surface area contributed by atoms with Gasteiger partial charge in [-0.25, -0.2) is 0 Å². The molecule has 1 aromatic carbocycles. The molecule has 0 aliphatic heterocycles. The normalized spacial score (nSPS) is 13.1. The molecule has 1 aromatic heterocycles. The Hall–Kier alpha value is -1.13. The van der Waals surface area contributed by atoms with Crippen LogP contribution in [0.25, 0.3) is 10.9 Å². The standard InChI is InChI=1S/C14H20N2OS/c1-11-12-6-4-5-7-13(12)16(2)14(11)10-15-8-9-18(3)17/h4-7,15H,8-10H2,1-3H3. The molecule has 98 valence electrons. The van der Waals surface area contributed by atoms with Crippen molar-refractivity contribution in [1.82, 2.24) is 9.88 Å². The van der Waals surface area contributed by atoms with Crippen LogP contribution in [-0.2, 0) is 24.4 Å². The molecule has 0 radical (unpaired) electrons. The van der Waals surface area contributed by atoms with Gasteiger partial charge in [0.2, 0.25) is 0 Å². The third-order valence-electron chi connectivity index (χ3n) is 3.37. The van der Waals surface area contributed by atoms with E-state index in [1.54, 1.807) is 6.26 Å². The van der Waals surface area contributed by atoms with Crippen molar-refractivity contribution in [2.24, 2.45) is 7.05 Å². The first-order chi connectivity index (χ1) is 8.61. The van der Waals surface area contributed by atoms with Gasteiger partial charge in [-0.05, 0) is 18.6 Å². The molecule has 0 aliphatic rings. The fraction of sp³-hybridized carbons (Fsp3) is 0.429. The minimum Gasteiger partial charge on any atom is -0.346 e. The number of fused-ring (bicyclic) bond motifs is 1. The highest BCUT2D eigenvalue weighted by Crippen LogP contribution is 2.23. The lowest BCUT2D eigenvalue weighted by molar-refractivity contribution is 0.665. The van der Waals surface area contributed by atoms with E-state index in [4.69, 9.17) is 0 Å². The molecule has 3 nitrogen and oxygen atoms in total. The molecule has 0 aliphatic carbocycles. The molecule has 0 amide bonds. The Morgan fingerprint density at radius 1 is 1.33 bits per heavy atom. The number of rotatable bonds is 5. The SMILES string of the molecule is Cc1c(CNCCS(C)=O)n(C)c2ccccc12. The summed E-state index contributed by atoms with van der Waals surface area (Å²) in [4.78, 5) is 0. The van der Waals surface area contributed by atoms with Crippen LogP contribution in [0.4, 0.5) is 0 Å². The second-order valence-corrected chi connectivity index (χ2v) is 6.16. The largest absolute Gasteiger partial charge is 0.346 e. The summed E-state index contributed by atoms with van der Waals surface area (Å²) in [6.45, 7) is 3.79. The predicted molar refractivity (Wildman–Crippen MR) is 78.3 cm³/mol. The maximum Gasteiger partial charge on any atom is 0.0483 e. The molecule has 4 heteroatoms. The van der Waals surface area contributed by atoms with Crippen LogP contribution in [0.5, 0.6) is 0 Å². The molecule has 18 heavy (non-hydrogen) atoms. The van der Waals surface area contributed by atoms with Crippen molar-refractivity contribution in [3.05, 3.63) is 35.5 Å². The molecule has 0 saturated heterocycles. The smallest absolute Gasteiger partial charge is 0.0483 e. The van der Waals surface area contributed by atoms with Gasteiger partial charge in [0.05, 0.1) is 0 Å². The molecule has 0 fully saturated rings. The highest BCUT2D eigenvalue weighted by molar-refractivity contribution is 7.84. The maximum absolute atomic E-state index is 11.0. The summed E-state index contributed by atoms with van der Waals surface area (Å²) in [7, 11) is 1.38. The van der Waals surface area contributed by atoms with Gasteiger partial charge in [-0.2, -0.15) is 0 Å². The Kier molecular flexibility index (Phi) is 4.19. The summed E-state index contributed by atoms with van der Waals surface area (Å²) in [6.07, 6.45) is 1.74. The quantitative estimate of drug-likeness (QED) is 0.838. The number of nitrogens with one attached hydrogen (secondary N) is 1. The second-order valence-electron chi connectivity index (χ2n) is 4.60. The average molecular weight is 264 g/mol. The molecule has 1 atom stereocenters. The van der Waals surface area contributed by atoms with Crippen molar-refractivity contribution in [1.29, 1.82) is 0 Å². The summed E-state index contributed by atoms with van der Waals surface area (Å²) in [6, 6.07) is 8.45. The van der Waals surface area contributed by atoms with Crippen molar-refractivity contribution < 1.29 is 4.21 Å². The third kappa shape index (κ3) is 2.65. The highest BCUT2D eigenvalue weighted by atomic mass is 32.2. The minimum atomic E-state index is -0.718. The van der Waals surface area contributed by atoms with Gasteiger partial charge < -0.3 is 9.88 Å². The van der Waals surface area contributed by atoms with Crippen LogP contribution in [0, 0.1) is 6.92 Å². The monoisotopic (exact) mass is 264 g/mol. The van der Waals surface area contributed by atoms with Gasteiger partial charge in [-0.15, -0.1) is 0 Å². The third-order valence-corrected chi connectivity index (χ3v) is 4.14. The molecular weight excluding hydrogens is 244 g/mol. The van der Waals surface area contributed by atoms with Gasteiger partial charge in [-0.1, -0.05) is 18.2 Å². The Bertz CT molecular complexity index is 535. The van der Waals surface area contributed by atoms with Gasteiger partial charge in [0.1, 0.15) is 0 Å². The molecule has 1 unspecified atom stereocenters. The van der Waals surface area contributed by atoms with E-state index in [9.17, 15) is 4.21 Å². The van der Waals surface area contributed by atoms with E-state index >= 15 is 0 Å². The number of benzene rings is 1. The first kappa shape index (κ1) is 13.3. The molecule has 0 saturated carbocycles. The van der Waals surface area contributed by atoms with Crippen molar-refractivity contribution in [3.8, 4) is 0 Å². The van der Waals surface area contributed by atoms with E-state index in [1.165, 1.54) is 22.2 Å². The van der Waals surface area contributed by atoms with Crippen molar-refractivity contribution >= 4 is 21.7 Å². The number of hydrogen-bond donors (Lipinski definition) is 1. The summed E-state index contributed by atoms with van der Waals surface area (Å²) < 4.78 is 13.2. The average Bonchev–Trinajstić information content (AvgIpc) is 2.59. The molecule has 2 rings (SSSR count). The van der Waals surface area contributed by atoms with Crippen LogP contribution in [0.2, 0.25) is 0 Å². The van der Waals surface area contributed by atoms with E-state index in [-0.39, 0.29) is 0 Å². The van der Waals surface area contributed by atoms with Crippen molar-refractivity contribution in [2.75, 3.05) is 18.6 Å². The van der Waals surface area contributed by atoms with Gasteiger partial charge in [0.15, 0.2) is 0 Å². The fourth-order valence-corrected chi connectivity index (χ4v) is 2.74. The maximum atomic E-state index is 11.0. The van der Waals surface area contributed by atoms with Crippen LogP contribution >= 0.6 is 0 Å². The van der Waals surface area contributed by atoms with E-state index in [0.29, 0.717) is 5.75 Å². The number of nitrogens with zero attached hydrogens (tertiary/aromatic N) is 1. The van der Waals surface area contributed by atoms with Crippen LogP contribution in [0.1, 0.15) is 11.3 Å². The Morgan fingerprint density at radius 2 is 2.06 bits per heavy atom. The van der Waals surface area contributed by atoms with Crippen molar-refractivity contribution in [3.63, 3.8) is 0 Å². The first-order valence-corrected chi connectivity index (χ1v) is 7.87. The van der Waals surface area contributed by atoms with Crippen LogP contribution in [0.15, 0.2) is 24.3 Å².